The van der Waals surface area contributed by atoms with Crippen LogP contribution >= 0.6 is 0 Å². The zero-order valence-electron chi connectivity index (χ0n) is 12.8. The van der Waals surface area contributed by atoms with Gasteiger partial charge in [0.1, 0.15) is 31.0 Å². The normalized spacial score (nSPS) is 43.7. The fraction of sp³-hybridized carbons (Fsp3) is 0.867. The van der Waals surface area contributed by atoms with Gasteiger partial charge < -0.3 is 28.4 Å². The highest BCUT2D eigenvalue weighted by atomic mass is 16.8. The van der Waals surface area contributed by atoms with E-state index in [9.17, 15) is 0 Å². The minimum absolute atomic E-state index is 0.189. The molecule has 0 bridgehead atoms. The van der Waals surface area contributed by atoms with Gasteiger partial charge in [0, 0.05) is 0 Å². The van der Waals surface area contributed by atoms with Gasteiger partial charge in [-0.2, -0.15) is 0 Å². The number of ether oxygens (including phenoxy) is 6. The van der Waals surface area contributed by atoms with Crippen molar-refractivity contribution in [2.75, 3.05) is 13.2 Å². The summed E-state index contributed by atoms with van der Waals surface area (Å²) in [5, 5.41) is 0. The quantitative estimate of drug-likeness (QED) is 0.726. The summed E-state index contributed by atoms with van der Waals surface area (Å²) in [5.74, 6) is 1.16. The number of fused-ring (bicyclic) bond motifs is 1. The van der Waals surface area contributed by atoms with Gasteiger partial charge in [-0.3, -0.25) is 0 Å². The average molecular weight is 298 g/mol. The van der Waals surface area contributed by atoms with Gasteiger partial charge in [-0.15, -0.1) is 6.42 Å². The van der Waals surface area contributed by atoms with E-state index >= 15 is 0 Å². The fourth-order valence-electron chi connectivity index (χ4n) is 3.01. The Labute approximate surface area is 125 Å². The molecule has 0 aromatic rings. The number of terminal acetylenes is 1. The van der Waals surface area contributed by atoms with E-state index in [1.165, 1.54) is 0 Å². The first-order valence-electron chi connectivity index (χ1n) is 7.19. The summed E-state index contributed by atoms with van der Waals surface area (Å²) in [5.41, 5.74) is 0. The van der Waals surface area contributed by atoms with Crippen LogP contribution in [0.25, 0.3) is 0 Å². The highest BCUT2D eigenvalue weighted by molar-refractivity contribution is 4.99. The predicted octanol–water partition coefficient (Wildman–Crippen LogP) is 1.03. The predicted molar refractivity (Wildman–Crippen MR) is 72.2 cm³/mol. The number of hydrogen-bond acceptors (Lipinski definition) is 6. The zero-order chi connectivity index (χ0) is 15.3. The molecule has 0 aliphatic carbocycles. The van der Waals surface area contributed by atoms with Crippen molar-refractivity contribution in [3.05, 3.63) is 0 Å². The van der Waals surface area contributed by atoms with Crippen molar-refractivity contribution < 1.29 is 28.4 Å². The lowest BCUT2D eigenvalue weighted by atomic mass is 10.1. The van der Waals surface area contributed by atoms with E-state index in [-0.39, 0.29) is 31.0 Å². The van der Waals surface area contributed by atoms with Gasteiger partial charge in [-0.1, -0.05) is 5.92 Å². The third-order valence-electron chi connectivity index (χ3n) is 3.78. The van der Waals surface area contributed by atoms with Crippen molar-refractivity contribution in [2.24, 2.45) is 0 Å². The molecular weight excluding hydrogens is 276 g/mol. The molecule has 118 valence electrons. The molecule has 0 radical (unpaired) electrons. The summed E-state index contributed by atoms with van der Waals surface area (Å²) in [6.07, 6.45) is 3.61. The summed E-state index contributed by atoms with van der Waals surface area (Å²) in [6.45, 7) is 8.07. The Morgan fingerprint density at radius 1 is 1.10 bits per heavy atom. The molecular formula is C15H22O6. The second-order valence-electron chi connectivity index (χ2n) is 6.42. The van der Waals surface area contributed by atoms with E-state index < -0.39 is 17.9 Å². The van der Waals surface area contributed by atoms with Crippen molar-refractivity contribution in [2.45, 2.75) is 70.0 Å². The molecule has 2 unspecified atom stereocenters. The largest absolute Gasteiger partial charge is 0.360 e. The van der Waals surface area contributed by atoms with Gasteiger partial charge in [0.05, 0.1) is 6.61 Å². The third kappa shape index (κ3) is 2.95. The van der Waals surface area contributed by atoms with Crippen LogP contribution in [0.1, 0.15) is 27.7 Å². The molecule has 3 rings (SSSR count). The van der Waals surface area contributed by atoms with Crippen molar-refractivity contribution in [1.82, 2.24) is 0 Å². The molecule has 0 aromatic carbocycles. The smallest absolute Gasteiger partial charge is 0.190 e. The molecule has 6 heteroatoms. The van der Waals surface area contributed by atoms with Gasteiger partial charge in [0.15, 0.2) is 17.9 Å². The van der Waals surface area contributed by atoms with Crippen molar-refractivity contribution >= 4 is 0 Å². The number of rotatable bonds is 3. The van der Waals surface area contributed by atoms with E-state index in [4.69, 9.17) is 34.8 Å². The van der Waals surface area contributed by atoms with Crippen LogP contribution in [0.2, 0.25) is 0 Å². The van der Waals surface area contributed by atoms with Gasteiger partial charge >= 0.3 is 0 Å². The SMILES string of the molecule is C#CCOC1[C@@H](C2COC(C)(C)O2)O[C@@H]2OC(C)(C)O[C@H]12. The zero-order valence-corrected chi connectivity index (χ0v) is 12.8. The number of hydrogen-bond donors (Lipinski definition) is 0. The van der Waals surface area contributed by atoms with Crippen LogP contribution in [0, 0.1) is 12.3 Å². The minimum atomic E-state index is -0.690. The molecule has 0 N–H and O–H groups in total. The molecule has 0 amide bonds. The topological polar surface area (TPSA) is 55.4 Å². The molecule has 3 aliphatic heterocycles. The lowest BCUT2D eigenvalue weighted by molar-refractivity contribution is -0.235. The molecule has 5 atom stereocenters. The molecule has 0 saturated carbocycles. The summed E-state index contributed by atoms with van der Waals surface area (Å²) >= 11 is 0. The molecule has 0 spiro atoms. The van der Waals surface area contributed by atoms with Crippen LogP contribution in [0.15, 0.2) is 0 Å². The molecule has 21 heavy (non-hydrogen) atoms. The molecule has 0 aromatic heterocycles. The van der Waals surface area contributed by atoms with E-state index in [2.05, 4.69) is 5.92 Å². The van der Waals surface area contributed by atoms with Crippen molar-refractivity contribution in [3.63, 3.8) is 0 Å². The lowest BCUT2D eigenvalue weighted by Crippen LogP contribution is -2.44. The molecule has 3 aliphatic rings. The summed E-state index contributed by atoms with van der Waals surface area (Å²) in [6, 6.07) is 0. The van der Waals surface area contributed by atoms with Gasteiger partial charge in [-0.05, 0) is 27.7 Å². The first-order chi connectivity index (χ1) is 9.81. The second kappa shape index (κ2) is 5.20. The van der Waals surface area contributed by atoms with Crippen LogP contribution < -0.4 is 0 Å². The van der Waals surface area contributed by atoms with Gasteiger partial charge in [0.25, 0.3) is 0 Å². The maximum Gasteiger partial charge on any atom is 0.190 e. The first-order valence-corrected chi connectivity index (χ1v) is 7.19. The van der Waals surface area contributed by atoms with E-state index in [0.29, 0.717) is 6.61 Å². The van der Waals surface area contributed by atoms with Crippen LogP contribution in [0.4, 0.5) is 0 Å². The van der Waals surface area contributed by atoms with E-state index in [1.54, 1.807) is 0 Å². The Bertz CT molecular complexity index is 440. The monoisotopic (exact) mass is 298 g/mol. The maximum absolute atomic E-state index is 5.96. The Morgan fingerprint density at radius 2 is 1.86 bits per heavy atom. The summed E-state index contributed by atoms with van der Waals surface area (Å²) < 4.78 is 34.8. The fourth-order valence-corrected chi connectivity index (χ4v) is 3.01. The van der Waals surface area contributed by atoms with Crippen molar-refractivity contribution in [3.8, 4) is 12.3 Å². The Balaban J connectivity index is 1.74. The highest BCUT2D eigenvalue weighted by Crippen LogP contribution is 2.41. The summed E-state index contributed by atoms with van der Waals surface area (Å²) in [7, 11) is 0. The Kier molecular flexibility index (Phi) is 3.77. The highest BCUT2D eigenvalue weighted by Gasteiger charge is 2.58. The standard InChI is InChI=1S/C15H22O6/c1-6-7-16-11-10(9-8-17-14(2,3)19-9)18-13-12(11)20-15(4,5)21-13/h1,9-13H,7-8H2,2-5H3/t9?,10-,11?,12-,13-/m1/s1. The lowest BCUT2D eigenvalue weighted by Gasteiger charge is -2.28. The van der Waals surface area contributed by atoms with Crippen molar-refractivity contribution in [1.29, 1.82) is 0 Å². The third-order valence-corrected chi connectivity index (χ3v) is 3.78. The van der Waals surface area contributed by atoms with Crippen LogP contribution in [0.5, 0.6) is 0 Å². The Morgan fingerprint density at radius 3 is 2.48 bits per heavy atom. The van der Waals surface area contributed by atoms with Gasteiger partial charge in [-0.25, -0.2) is 0 Å². The van der Waals surface area contributed by atoms with Gasteiger partial charge in [0.2, 0.25) is 0 Å². The van der Waals surface area contributed by atoms with Crippen LogP contribution in [-0.4, -0.2) is 55.5 Å². The molecule has 3 heterocycles. The maximum atomic E-state index is 5.96. The second-order valence-corrected chi connectivity index (χ2v) is 6.42. The van der Waals surface area contributed by atoms with Crippen LogP contribution in [-0.2, 0) is 28.4 Å². The van der Waals surface area contributed by atoms with E-state index in [0.717, 1.165) is 0 Å². The molecule has 6 nitrogen and oxygen atoms in total. The van der Waals surface area contributed by atoms with E-state index in [1.807, 2.05) is 27.7 Å². The van der Waals surface area contributed by atoms with Crippen LogP contribution in [0.3, 0.4) is 0 Å². The average Bonchev–Trinajstić information content (AvgIpc) is 2.96. The Hall–Kier alpha value is -0.680. The first kappa shape index (κ1) is 15.2. The minimum Gasteiger partial charge on any atom is -0.360 e. The summed E-state index contributed by atoms with van der Waals surface area (Å²) in [4.78, 5) is 0. The molecule has 3 saturated heterocycles. The molecule has 3 fully saturated rings.